The van der Waals surface area contributed by atoms with E-state index >= 15 is 0 Å². The summed E-state index contributed by atoms with van der Waals surface area (Å²) in [7, 11) is 2.04. The highest BCUT2D eigenvalue weighted by Crippen LogP contribution is 2.29. The number of piperidine rings is 1. The van der Waals surface area contributed by atoms with Gasteiger partial charge in [-0.25, -0.2) is 4.98 Å². The average molecular weight is 369 g/mol. The predicted molar refractivity (Wildman–Crippen MR) is 104 cm³/mol. The molecule has 4 rings (SSSR count). The van der Waals surface area contributed by atoms with Crippen LogP contribution in [-0.4, -0.2) is 39.6 Å². The van der Waals surface area contributed by atoms with Crippen molar-refractivity contribution in [3.63, 3.8) is 0 Å². The first-order valence-electron chi connectivity index (χ1n) is 8.97. The number of likely N-dealkylation sites (tertiary alicyclic amines) is 1. The maximum absolute atomic E-state index is 12.7. The second-order valence-corrected chi connectivity index (χ2v) is 8.08. The van der Waals surface area contributed by atoms with E-state index in [1.54, 1.807) is 0 Å². The van der Waals surface area contributed by atoms with Crippen molar-refractivity contribution >= 4 is 28.1 Å². The minimum Gasteiger partial charge on any atom is -0.490 e. The second-order valence-electron chi connectivity index (χ2n) is 6.87. The fraction of sp³-hybridized carbons (Fsp3) is 0.400. The molecule has 0 N–H and O–H groups in total. The number of amides is 1. The summed E-state index contributed by atoms with van der Waals surface area (Å²) in [5.41, 5.74) is 2.01. The zero-order valence-electron chi connectivity index (χ0n) is 15.4. The van der Waals surface area contributed by atoms with Crippen molar-refractivity contribution in [1.29, 1.82) is 0 Å². The summed E-state index contributed by atoms with van der Waals surface area (Å²) in [4.78, 5) is 19.8. The van der Waals surface area contributed by atoms with Crippen molar-refractivity contribution < 1.29 is 9.53 Å². The molecule has 1 fully saturated rings. The van der Waals surface area contributed by atoms with Gasteiger partial charge in [0.05, 0.1) is 16.2 Å². The lowest BCUT2D eigenvalue weighted by Gasteiger charge is -2.32. The Labute approximate surface area is 157 Å². The largest absolute Gasteiger partial charge is 0.490 e. The number of benzene rings is 1. The van der Waals surface area contributed by atoms with E-state index in [2.05, 4.69) is 27.9 Å². The third kappa shape index (κ3) is 3.09. The van der Waals surface area contributed by atoms with E-state index in [1.807, 2.05) is 37.9 Å². The molecule has 0 radical (unpaired) electrons. The number of thiazole rings is 1. The molecule has 0 atom stereocenters. The molecule has 0 aliphatic carbocycles. The van der Waals surface area contributed by atoms with Crippen LogP contribution in [0.5, 0.6) is 5.75 Å². The Morgan fingerprint density at radius 1 is 1.23 bits per heavy atom. The fourth-order valence-corrected chi connectivity index (χ4v) is 4.49. The number of carbonyl (C=O) groups is 1. The quantitative estimate of drug-likeness (QED) is 0.703. The molecule has 3 heterocycles. The highest BCUT2D eigenvalue weighted by atomic mass is 32.1. The molecule has 136 valence electrons. The van der Waals surface area contributed by atoms with Gasteiger partial charge in [0.25, 0.3) is 5.91 Å². The van der Waals surface area contributed by atoms with Gasteiger partial charge in [0.15, 0.2) is 0 Å². The molecule has 6 heteroatoms. The van der Waals surface area contributed by atoms with Crippen LogP contribution in [0.25, 0.3) is 10.9 Å². The zero-order valence-corrected chi connectivity index (χ0v) is 16.2. The molecule has 0 saturated carbocycles. The number of carbonyl (C=O) groups excluding carboxylic acids is 1. The van der Waals surface area contributed by atoms with Gasteiger partial charge in [-0.1, -0.05) is 6.07 Å². The van der Waals surface area contributed by atoms with E-state index in [4.69, 9.17) is 4.74 Å². The molecular formula is C20H23N3O2S. The van der Waals surface area contributed by atoms with Crippen LogP contribution in [0.3, 0.4) is 0 Å². The van der Waals surface area contributed by atoms with Gasteiger partial charge in [0, 0.05) is 44.6 Å². The van der Waals surface area contributed by atoms with Gasteiger partial charge < -0.3 is 14.2 Å². The van der Waals surface area contributed by atoms with E-state index in [1.165, 1.54) is 16.9 Å². The Hall–Kier alpha value is -2.34. The van der Waals surface area contributed by atoms with Gasteiger partial charge in [-0.15, -0.1) is 11.3 Å². The lowest BCUT2D eigenvalue weighted by molar-refractivity contribution is 0.0601. The van der Waals surface area contributed by atoms with Crippen LogP contribution in [0.15, 0.2) is 30.5 Å². The van der Waals surface area contributed by atoms with Crippen molar-refractivity contribution in [2.45, 2.75) is 32.8 Å². The Bertz CT molecular complexity index is 951. The summed E-state index contributed by atoms with van der Waals surface area (Å²) >= 11 is 1.49. The van der Waals surface area contributed by atoms with E-state index in [0.717, 1.165) is 52.6 Å². The normalized spacial score (nSPS) is 15.6. The van der Waals surface area contributed by atoms with Gasteiger partial charge in [-0.3, -0.25) is 4.79 Å². The Kier molecular flexibility index (Phi) is 4.44. The minimum absolute atomic E-state index is 0.108. The van der Waals surface area contributed by atoms with Gasteiger partial charge in [-0.05, 0) is 32.0 Å². The molecule has 1 aromatic carbocycles. The lowest BCUT2D eigenvalue weighted by Crippen LogP contribution is -2.41. The van der Waals surface area contributed by atoms with E-state index in [0.29, 0.717) is 0 Å². The number of fused-ring (bicyclic) bond motifs is 1. The number of nitrogens with zero attached hydrogens (tertiary/aromatic N) is 3. The third-order valence-electron chi connectivity index (χ3n) is 5.01. The maximum atomic E-state index is 12.7. The average Bonchev–Trinajstić information content (AvgIpc) is 3.18. The van der Waals surface area contributed by atoms with Gasteiger partial charge in [0.2, 0.25) is 0 Å². The van der Waals surface area contributed by atoms with E-state index in [9.17, 15) is 4.79 Å². The third-order valence-corrected chi connectivity index (χ3v) is 6.07. The molecule has 1 amide bonds. The standard InChI is InChI=1S/C20H23N3O2S/c1-13-19(26-14(2)21-13)20(24)23-11-7-15(8-12-23)25-18-6-4-5-17-16(18)9-10-22(17)3/h4-6,9-10,15H,7-8,11-12H2,1-3H3. The topological polar surface area (TPSA) is 47.4 Å². The van der Waals surface area contributed by atoms with Gasteiger partial charge in [-0.2, -0.15) is 0 Å². The summed E-state index contributed by atoms with van der Waals surface area (Å²) in [5.74, 6) is 1.04. The Balaban J connectivity index is 1.42. The number of aromatic nitrogens is 2. The van der Waals surface area contributed by atoms with Crippen molar-refractivity contribution in [2.24, 2.45) is 7.05 Å². The van der Waals surface area contributed by atoms with Crippen LogP contribution in [0.2, 0.25) is 0 Å². The van der Waals surface area contributed by atoms with Crippen LogP contribution >= 0.6 is 11.3 Å². The molecule has 3 aromatic rings. The number of rotatable bonds is 3. The van der Waals surface area contributed by atoms with Gasteiger partial charge in [0.1, 0.15) is 16.7 Å². The predicted octanol–water partition coefficient (Wildman–Crippen LogP) is 3.94. The SMILES string of the molecule is Cc1nc(C)c(C(=O)N2CCC(Oc3cccc4c3ccn4C)CC2)s1. The molecular weight excluding hydrogens is 346 g/mol. The first kappa shape index (κ1) is 17.1. The first-order valence-corrected chi connectivity index (χ1v) is 9.78. The number of aryl methyl sites for hydroxylation is 3. The first-order chi connectivity index (χ1) is 12.5. The molecule has 5 nitrogen and oxygen atoms in total. The Morgan fingerprint density at radius 2 is 2.00 bits per heavy atom. The number of ether oxygens (including phenoxy) is 1. The molecule has 0 bridgehead atoms. The molecule has 0 unspecified atom stereocenters. The van der Waals surface area contributed by atoms with Crippen molar-refractivity contribution in [1.82, 2.24) is 14.5 Å². The molecule has 1 aliphatic rings. The van der Waals surface area contributed by atoms with Crippen molar-refractivity contribution in [2.75, 3.05) is 13.1 Å². The van der Waals surface area contributed by atoms with E-state index < -0.39 is 0 Å². The monoisotopic (exact) mass is 369 g/mol. The van der Waals surface area contributed by atoms with Crippen LogP contribution in [-0.2, 0) is 7.05 Å². The summed E-state index contributed by atoms with van der Waals surface area (Å²) in [6.45, 7) is 5.31. The molecule has 1 saturated heterocycles. The number of hydrogen-bond donors (Lipinski definition) is 0. The highest BCUT2D eigenvalue weighted by molar-refractivity contribution is 7.13. The summed E-state index contributed by atoms with van der Waals surface area (Å²) in [6.07, 6.45) is 3.91. The molecule has 26 heavy (non-hydrogen) atoms. The minimum atomic E-state index is 0.108. The lowest BCUT2D eigenvalue weighted by atomic mass is 10.1. The second kappa shape index (κ2) is 6.76. The summed E-state index contributed by atoms with van der Waals surface area (Å²) in [6, 6.07) is 8.26. The van der Waals surface area contributed by atoms with Crippen LogP contribution in [0.4, 0.5) is 0 Å². The van der Waals surface area contributed by atoms with Crippen LogP contribution in [0, 0.1) is 13.8 Å². The van der Waals surface area contributed by atoms with Gasteiger partial charge >= 0.3 is 0 Å². The highest BCUT2D eigenvalue weighted by Gasteiger charge is 2.27. The van der Waals surface area contributed by atoms with Crippen LogP contribution in [0.1, 0.15) is 33.2 Å². The smallest absolute Gasteiger partial charge is 0.265 e. The van der Waals surface area contributed by atoms with Crippen molar-refractivity contribution in [3.8, 4) is 5.75 Å². The van der Waals surface area contributed by atoms with Crippen molar-refractivity contribution in [3.05, 3.63) is 46.0 Å². The molecule has 2 aromatic heterocycles. The molecule has 0 spiro atoms. The number of hydrogen-bond acceptors (Lipinski definition) is 4. The fourth-order valence-electron chi connectivity index (χ4n) is 3.61. The maximum Gasteiger partial charge on any atom is 0.265 e. The van der Waals surface area contributed by atoms with E-state index in [-0.39, 0.29) is 12.0 Å². The molecule has 1 aliphatic heterocycles. The Morgan fingerprint density at radius 3 is 2.69 bits per heavy atom. The summed E-state index contributed by atoms with van der Waals surface area (Å²) < 4.78 is 8.38. The zero-order chi connectivity index (χ0) is 18.3. The summed E-state index contributed by atoms with van der Waals surface area (Å²) in [5, 5.41) is 2.09. The van der Waals surface area contributed by atoms with Crippen LogP contribution < -0.4 is 4.74 Å².